The molecule has 2 aromatic rings. The summed E-state index contributed by atoms with van der Waals surface area (Å²) in [5, 5.41) is 10.8. The maximum absolute atomic E-state index is 14.2. The molecule has 2 rings (SSSR count). The number of hydrogen-bond acceptors (Lipinski definition) is 3. The minimum Gasteiger partial charge on any atom is -0.356 e. The summed E-state index contributed by atoms with van der Waals surface area (Å²) in [6.45, 7) is 5.86. The number of aliphatic imine (C=N–C) groups is 1. The third kappa shape index (κ3) is 5.76. The average molecular weight is 392 g/mol. The van der Waals surface area contributed by atoms with Crippen molar-refractivity contribution in [3.05, 3.63) is 52.9 Å². The lowest BCUT2D eigenvalue weighted by Crippen LogP contribution is -2.42. The standard InChI is InChI=1S/C20H30F2N6/c1-14-12-15(2)28(26-14)11-7-10-24-20(23-3)25-13-18(27(4)5)19-16(21)8-6-9-17(19)22/h6,8-9,12,18H,7,10-11,13H2,1-5H3,(H2,23,24,25). The number of aromatic nitrogens is 2. The number of nitrogens with zero attached hydrogens (tertiary/aromatic N) is 4. The summed E-state index contributed by atoms with van der Waals surface area (Å²) >= 11 is 0. The Morgan fingerprint density at radius 1 is 1.21 bits per heavy atom. The number of nitrogens with one attached hydrogen (secondary N) is 2. The van der Waals surface area contributed by atoms with E-state index in [1.165, 1.54) is 18.2 Å². The van der Waals surface area contributed by atoms with Gasteiger partial charge in [-0.05, 0) is 52.6 Å². The van der Waals surface area contributed by atoms with Gasteiger partial charge in [-0.15, -0.1) is 0 Å². The summed E-state index contributed by atoms with van der Waals surface area (Å²) in [5.41, 5.74) is 2.21. The van der Waals surface area contributed by atoms with Crippen LogP contribution in [0.15, 0.2) is 29.3 Å². The monoisotopic (exact) mass is 392 g/mol. The average Bonchev–Trinajstić information content (AvgIpc) is 2.96. The van der Waals surface area contributed by atoms with Gasteiger partial charge in [-0.2, -0.15) is 5.10 Å². The van der Waals surface area contributed by atoms with Crippen LogP contribution >= 0.6 is 0 Å². The van der Waals surface area contributed by atoms with Crippen LogP contribution in [0.4, 0.5) is 8.78 Å². The first-order valence-electron chi connectivity index (χ1n) is 9.39. The number of rotatable bonds is 8. The maximum atomic E-state index is 14.2. The summed E-state index contributed by atoms with van der Waals surface area (Å²) in [5.74, 6) is -0.501. The fourth-order valence-corrected chi connectivity index (χ4v) is 3.12. The van der Waals surface area contributed by atoms with E-state index in [0.29, 0.717) is 19.0 Å². The highest BCUT2D eigenvalue weighted by molar-refractivity contribution is 5.79. The maximum Gasteiger partial charge on any atom is 0.191 e. The van der Waals surface area contributed by atoms with Crippen molar-refractivity contribution in [3.8, 4) is 0 Å². The predicted molar refractivity (Wildman–Crippen MR) is 108 cm³/mol. The Balaban J connectivity index is 1.88. The van der Waals surface area contributed by atoms with Gasteiger partial charge in [0.2, 0.25) is 0 Å². The third-order valence-corrected chi connectivity index (χ3v) is 4.59. The van der Waals surface area contributed by atoms with E-state index in [4.69, 9.17) is 0 Å². The fourth-order valence-electron chi connectivity index (χ4n) is 3.12. The lowest BCUT2D eigenvalue weighted by atomic mass is 10.0. The van der Waals surface area contributed by atoms with Crippen LogP contribution < -0.4 is 10.6 Å². The largest absolute Gasteiger partial charge is 0.356 e. The van der Waals surface area contributed by atoms with Crippen molar-refractivity contribution in [2.24, 2.45) is 4.99 Å². The highest BCUT2D eigenvalue weighted by atomic mass is 19.1. The van der Waals surface area contributed by atoms with E-state index < -0.39 is 17.7 Å². The third-order valence-electron chi connectivity index (χ3n) is 4.59. The first-order chi connectivity index (χ1) is 13.3. The minimum absolute atomic E-state index is 0.0555. The quantitative estimate of drug-likeness (QED) is 0.412. The highest BCUT2D eigenvalue weighted by Gasteiger charge is 2.22. The second-order valence-electron chi connectivity index (χ2n) is 7.00. The molecule has 154 valence electrons. The second-order valence-corrected chi connectivity index (χ2v) is 7.00. The molecule has 0 bridgehead atoms. The summed E-state index contributed by atoms with van der Waals surface area (Å²) in [7, 11) is 5.26. The van der Waals surface area contributed by atoms with Gasteiger partial charge in [-0.1, -0.05) is 6.07 Å². The normalized spacial score (nSPS) is 13.1. The zero-order chi connectivity index (χ0) is 20.7. The molecule has 6 nitrogen and oxygen atoms in total. The van der Waals surface area contributed by atoms with Crippen molar-refractivity contribution >= 4 is 5.96 Å². The number of benzene rings is 1. The van der Waals surface area contributed by atoms with E-state index >= 15 is 0 Å². The molecule has 0 spiro atoms. The van der Waals surface area contributed by atoms with E-state index in [1.807, 2.05) is 18.5 Å². The topological polar surface area (TPSA) is 57.5 Å². The molecular weight excluding hydrogens is 362 g/mol. The van der Waals surface area contributed by atoms with Crippen LogP contribution in [0.5, 0.6) is 0 Å². The first-order valence-corrected chi connectivity index (χ1v) is 9.39. The SMILES string of the molecule is CN=C(NCCCn1nc(C)cc1C)NCC(c1c(F)cccc1F)N(C)C. The Hall–Kier alpha value is -2.48. The lowest BCUT2D eigenvalue weighted by molar-refractivity contribution is 0.282. The van der Waals surface area contributed by atoms with Gasteiger partial charge in [0, 0.05) is 37.9 Å². The summed E-state index contributed by atoms with van der Waals surface area (Å²) in [6.07, 6.45) is 0.877. The van der Waals surface area contributed by atoms with Gasteiger partial charge in [0.05, 0.1) is 11.7 Å². The zero-order valence-electron chi connectivity index (χ0n) is 17.3. The van der Waals surface area contributed by atoms with Gasteiger partial charge in [0.25, 0.3) is 0 Å². The molecule has 1 heterocycles. The fraction of sp³-hybridized carbons (Fsp3) is 0.500. The molecule has 1 atom stereocenters. The van der Waals surface area contributed by atoms with E-state index in [0.717, 1.165) is 24.4 Å². The first kappa shape index (κ1) is 21.8. The molecule has 1 unspecified atom stereocenters. The van der Waals surface area contributed by atoms with Crippen molar-refractivity contribution in [1.29, 1.82) is 0 Å². The number of aryl methyl sites for hydroxylation is 3. The number of halogens is 2. The molecule has 28 heavy (non-hydrogen) atoms. The van der Waals surface area contributed by atoms with Gasteiger partial charge in [-0.3, -0.25) is 9.67 Å². The molecule has 1 aromatic carbocycles. The molecule has 0 aliphatic heterocycles. The van der Waals surface area contributed by atoms with Gasteiger partial charge in [0.1, 0.15) is 11.6 Å². The van der Waals surface area contributed by atoms with Gasteiger partial charge >= 0.3 is 0 Å². The smallest absolute Gasteiger partial charge is 0.191 e. The van der Waals surface area contributed by atoms with Crippen LogP contribution in [0.1, 0.15) is 29.4 Å². The molecule has 2 N–H and O–H groups in total. The van der Waals surface area contributed by atoms with Crippen LogP contribution in [0.3, 0.4) is 0 Å². The molecule has 0 radical (unpaired) electrons. The second kappa shape index (κ2) is 10.2. The minimum atomic E-state index is -0.548. The zero-order valence-corrected chi connectivity index (χ0v) is 17.3. The molecule has 0 saturated heterocycles. The van der Waals surface area contributed by atoms with Crippen molar-refractivity contribution in [3.63, 3.8) is 0 Å². The van der Waals surface area contributed by atoms with Crippen LogP contribution in [0.2, 0.25) is 0 Å². The van der Waals surface area contributed by atoms with Gasteiger partial charge in [0.15, 0.2) is 5.96 Å². The molecule has 0 aliphatic carbocycles. The lowest BCUT2D eigenvalue weighted by Gasteiger charge is -2.26. The number of likely N-dealkylation sites (N-methyl/N-ethyl adjacent to an activating group) is 1. The molecule has 1 aromatic heterocycles. The van der Waals surface area contributed by atoms with E-state index in [-0.39, 0.29) is 5.56 Å². The van der Waals surface area contributed by atoms with Crippen molar-refractivity contribution < 1.29 is 8.78 Å². The molecule has 0 amide bonds. The van der Waals surface area contributed by atoms with Gasteiger partial charge in [-0.25, -0.2) is 8.78 Å². The summed E-state index contributed by atoms with van der Waals surface area (Å²) in [4.78, 5) is 5.97. The Bertz CT molecular complexity index is 780. The molecule has 0 fully saturated rings. The van der Waals surface area contributed by atoms with Crippen LogP contribution in [-0.4, -0.2) is 54.9 Å². The van der Waals surface area contributed by atoms with E-state index in [9.17, 15) is 8.78 Å². The van der Waals surface area contributed by atoms with Crippen molar-refractivity contribution in [2.75, 3.05) is 34.2 Å². The van der Waals surface area contributed by atoms with Crippen LogP contribution in [0.25, 0.3) is 0 Å². The molecular formula is C20H30F2N6. The summed E-state index contributed by atoms with van der Waals surface area (Å²) < 4.78 is 30.3. The van der Waals surface area contributed by atoms with Crippen LogP contribution in [0, 0.1) is 25.5 Å². The van der Waals surface area contributed by atoms with E-state index in [1.54, 1.807) is 26.0 Å². The van der Waals surface area contributed by atoms with E-state index in [2.05, 4.69) is 26.8 Å². The Morgan fingerprint density at radius 3 is 2.43 bits per heavy atom. The Kier molecular flexibility index (Phi) is 7.92. The van der Waals surface area contributed by atoms with Gasteiger partial charge < -0.3 is 15.5 Å². The predicted octanol–water partition coefficient (Wildman–Crippen LogP) is 2.64. The Morgan fingerprint density at radius 2 is 1.89 bits per heavy atom. The molecule has 0 saturated carbocycles. The van der Waals surface area contributed by atoms with Crippen molar-refractivity contribution in [1.82, 2.24) is 25.3 Å². The van der Waals surface area contributed by atoms with Crippen molar-refractivity contribution in [2.45, 2.75) is 32.9 Å². The van der Waals surface area contributed by atoms with Crippen LogP contribution in [-0.2, 0) is 6.54 Å². The summed E-state index contributed by atoms with van der Waals surface area (Å²) in [6, 6.07) is 5.52. The molecule has 0 aliphatic rings. The highest BCUT2D eigenvalue weighted by Crippen LogP contribution is 2.23. The number of guanidine groups is 1. The number of hydrogen-bond donors (Lipinski definition) is 2. The Labute approximate surface area is 165 Å². The molecule has 8 heteroatoms.